The third-order valence-electron chi connectivity index (χ3n) is 2.31. The molecule has 0 radical (unpaired) electrons. The Morgan fingerprint density at radius 2 is 2.00 bits per heavy atom. The molecule has 0 spiro atoms. The van der Waals surface area contributed by atoms with Gasteiger partial charge in [-0.1, -0.05) is 19.9 Å². The van der Waals surface area contributed by atoms with Crippen LogP contribution in [-0.2, 0) is 5.41 Å². The van der Waals surface area contributed by atoms with Crippen molar-refractivity contribution in [3.05, 3.63) is 23.8 Å². The number of aromatic hydroxyl groups is 1. The Hall–Kier alpha value is -1.22. The zero-order valence-electron chi connectivity index (χ0n) is 8.74. The lowest BCUT2D eigenvalue weighted by Crippen LogP contribution is -2.22. The minimum absolute atomic E-state index is 0.0358. The van der Waals surface area contributed by atoms with Gasteiger partial charge in [0.05, 0.1) is 13.7 Å². The number of aliphatic hydroxyl groups is 1. The molecule has 2 N–H and O–H groups in total. The average Bonchev–Trinajstić information content (AvgIpc) is 2.17. The Kier molecular flexibility index (Phi) is 3.01. The predicted octanol–water partition coefficient (Wildman–Crippen LogP) is 1.67. The second kappa shape index (κ2) is 3.88. The van der Waals surface area contributed by atoms with Crippen LogP contribution in [0.4, 0.5) is 0 Å². The van der Waals surface area contributed by atoms with E-state index in [9.17, 15) is 10.2 Å². The largest absolute Gasteiger partial charge is 0.508 e. The highest BCUT2D eigenvalue weighted by atomic mass is 16.5. The van der Waals surface area contributed by atoms with E-state index in [1.807, 2.05) is 13.8 Å². The van der Waals surface area contributed by atoms with Gasteiger partial charge in [-0.25, -0.2) is 0 Å². The summed E-state index contributed by atoms with van der Waals surface area (Å²) < 4.78 is 5.14. The molecule has 14 heavy (non-hydrogen) atoms. The van der Waals surface area contributed by atoms with Gasteiger partial charge in [-0.2, -0.15) is 0 Å². The van der Waals surface area contributed by atoms with E-state index in [1.54, 1.807) is 25.3 Å². The molecule has 0 heterocycles. The number of phenolic OH excluding ortho intramolecular Hbond substituents is 1. The zero-order valence-corrected chi connectivity index (χ0v) is 8.74. The molecule has 0 aromatic heterocycles. The highest BCUT2D eigenvalue weighted by Gasteiger charge is 2.23. The molecule has 0 amide bonds. The summed E-state index contributed by atoms with van der Waals surface area (Å²) in [5.41, 5.74) is 0.527. The number of phenols is 1. The van der Waals surface area contributed by atoms with E-state index >= 15 is 0 Å². The monoisotopic (exact) mass is 196 g/mol. The summed E-state index contributed by atoms with van der Waals surface area (Å²) in [6, 6.07) is 4.91. The van der Waals surface area contributed by atoms with Crippen molar-refractivity contribution in [2.45, 2.75) is 19.3 Å². The van der Waals surface area contributed by atoms with Crippen molar-refractivity contribution in [1.82, 2.24) is 0 Å². The van der Waals surface area contributed by atoms with Crippen molar-refractivity contribution < 1.29 is 14.9 Å². The normalized spacial score (nSPS) is 11.4. The average molecular weight is 196 g/mol. The van der Waals surface area contributed by atoms with Crippen molar-refractivity contribution in [2.24, 2.45) is 0 Å². The van der Waals surface area contributed by atoms with Gasteiger partial charge in [0.2, 0.25) is 0 Å². The standard InChI is InChI=1S/C11H16O3/c1-11(2,7-12)9-5-4-8(13)6-10(9)14-3/h4-6,12-13H,7H2,1-3H3. The van der Waals surface area contributed by atoms with Crippen LogP contribution in [-0.4, -0.2) is 23.9 Å². The van der Waals surface area contributed by atoms with Crippen molar-refractivity contribution in [1.29, 1.82) is 0 Å². The lowest BCUT2D eigenvalue weighted by atomic mass is 9.85. The van der Waals surface area contributed by atoms with Gasteiger partial charge in [0, 0.05) is 17.0 Å². The molecule has 0 aliphatic carbocycles. The van der Waals surface area contributed by atoms with E-state index in [0.717, 1.165) is 5.56 Å². The molecule has 0 aliphatic heterocycles. The lowest BCUT2D eigenvalue weighted by Gasteiger charge is -2.24. The maximum atomic E-state index is 9.26. The Bertz CT molecular complexity index is 318. The van der Waals surface area contributed by atoms with E-state index in [4.69, 9.17) is 4.74 Å². The van der Waals surface area contributed by atoms with Crippen LogP contribution in [0.1, 0.15) is 19.4 Å². The maximum Gasteiger partial charge on any atom is 0.126 e. The molecule has 3 nitrogen and oxygen atoms in total. The minimum Gasteiger partial charge on any atom is -0.508 e. The quantitative estimate of drug-likeness (QED) is 0.773. The number of methoxy groups -OCH3 is 1. The SMILES string of the molecule is COc1cc(O)ccc1C(C)(C)CO. The Balaban J connectivity index is 3.20. The van der Waals surface area contributed by atoms with Gasteiger partial charge in [-0.15, -0.1) is 0 Å². The molecule has 1 rings (SSSR count). The van der Waals surface area contributed by atoms with Crippen molar-refractivity contribution in [3.8, 4) is 11.5 Å². The van der Waals surface area contributed by atoms with Gasteiger partial charge in [0.15, 0.2) is 0 Å². The highest BCUT2D eigenvalue weighted by molar-refractivity contribution is 5.44. The number of hydrogen-bond donors (Lipinski definition) is 2. The fraction of sp³-hybridized carbons (Fsp3) is 0.455. The minimum atomic E-state index is -0.362. The third-order valence-corrected chi connectivity index (χ3v) is 2.31. The summed E-state index contributed by atoms with van der Waals surface area (Å²) in [6.45, 7) is 3.87. The summed E-state index contributed by atoms with van der Waals surface area (Å²) in [5, 5.41) is 18.5. The number of ether oxygens (including phenoxy) is 1. The first-order valence-corrected chi connectivity index (χ1v) is 4.49. The lowest BCUT2D eigenvalue weighted by molar-refractivity contribution is 0.214. The number of rotatable bonds is 3. The maximum absolute atomic E-state index is 9.26. The molecule has 3 heteroatoms. The molecule has 0 saturated heterocycles. The first-order valence-electron chi connectivity index (χ1n) is 4.49. The fourth-order valence-electron chi connectivity index (χ4n) is 1.32. The van der Waals surface area contributed by atoms with E-state index < -0.39 is 0 Å². The molecule has 1 aromatic carbocycles. The van der Waals surface area contributed by atoms with Crippen LogP contribution in [0.3, 0.4) is 0 Å². The van der Waals surface area contributed by atoms with Gasteiger partial charge < -0.3 is 14.9 Å². The molecule has 0 unspecified atom stereocenters. The van der Waals surface area contributed by atoms with Gasteiger partial charge in [-0.3, -0.25) is 0 Å². The number of benzene rings is 1. The van der Waals surface area contributed by atoms with E-state index in [0.29, 0.717) is 5.75 Å². The smallest absolute Gasteiger partial charge is 0.126 e. The molecule has 1 aromatic rings. The van der Waals surface area contributed by atoms with Gasteiger partial charge in [0.1, 0.15) is 11.5 Å². The molecular weight excluding hydrogens is 180 g/mol. The third kappa shape index (κ3) is 1.99. The molecule has 0 aliphatic rings. The summed E-state index contributed by atoms with van der Waals surface area (Å²) in [6.07, 6.45) is 0. The Morgan fingerprint density at radius 3 is 2.50 bits per heavy atom. The predicted molar refractivity (Wildman–Crippen MR) is 54.8 cm³/mol. The summed E-state index contributed by atoms with van der Waals surface area (Å²) in [4.78, 5) is 0. The van der Waals surface area contributed by atoms with E-state index in [-0.39, 0.29) is 17.8 Å². The summed E-state index contributed by atoms with van der Waals surface area (Å²) in [7, 11) is 1.55. The van der Waals surface area contributed by atoms with Crippen LogP contribution < -0.4 is 4.74 Å². The molecule has 0 fully saturated rings. The van der Waals surface area contributed by atoms with Crippen LogP contribution in [0.25, 0.3) is 0 Å². The Labute approximate surface area is 84.0 Å². The second-order valence-electron chi connectivity index (χ2n) is 3.93. The number of aliphatic hydroxyl groups excluding tert-OH is 1. The summed E-state index contributed by atoms with van der Waals surface area (Å²) >= 11 is 0. The zero-order chi connectivity index (χ0) is 10.8. The second-order valence-corrected chi connectivity index (χ2v) is 3.93. The van der Waals surface area contributed by atoms with E-state index in [2.05, 4.69) is 0 Å². The molecular formula is C11H16O3. The summed E-state index contributed by atoms with van der Waals surface area (Å²) in [5.74, 6) is 0.767. The number of hydrogen-bond acceptors (Lipinski definition) is 3. The molecule has 0 bridgehead atoms. The van der Waals surface area contributed by atoms with Gasteiger partial charge in [0.25, 0.3) is 0 Å². The first-order chi connectivity index (χ1) is 6.51. The van der Waals surface area contributed by atoms with E-state index in [1.165, 1.54) is 0 Å². The first kappa shape index (κ1) is 10.9. The highest BCUT2D eigenvalue weighted by Crippen LogP contribution is 2.33. The van der Waals surface area contributed by atoms with Crippen LogP contribution >= 0.6 is 0 Å². The van der Waals surface area contributed by atoms with Crippen LogP contribution in [0.2, 0.25) is 0 Å². The van der Waals surface area contributed by atoms with Crippen LogP contribution in [0.5, 0.6) is 11.5 Å². The van der Waals surface area contributed by atoms with Crippen molar-refractivity contribution in [3.63, 3.8) is 0 Å². The topological polar surface area (TPSA) is 49.7 Å². The van der Waals surface area contributed by atoms with Crippen LogP contribution in [0, 0.1) is 0 Å². The molecule has 0 atom stereocenters. The molecule has 0 saturated carbocycles. The van der Waals surface area contributed by atoms with Crippen molar-refractivity contribution >= 4 is 0 Å². The molecule has 78 valence electrons. The Morgan fingerprint density at radius 1 is 1.36 bits per heavy atom. The fourth-order valence-corrected chi connectivity index (χ4v) is 1.32. The van der Waals surface area contributed by atoms with Crippen molar-refractivity contribution in [2.75, 3.05) is 13.7 Å². The van der Waals surface area contributed by atoms with Gasteiger partial charge >= 0.3 is 0 Å². The van der Waals surface area contributed by atoms with Gasteiger partial charge in [-0.05, 0) is 6.07 Å². The van der Waals surface area contributed by atoms with Crippen LogP contribution in [0.15, 0.2) is 18.2 Å².